The maximum atomic E-state index is 12.3. The van der Waals surface area contributed by atoms with Crippen LogP contribution < -0.4 is 5.32 Å². The fourth-order valence-electron chi connectivity index (χ4n) is 5.94. The normalized spacial score (nSPS) is 30.1. The van der Waals surface area contributed by atoms with Gasteiger partial charge in [-0.15, -0.1) is 0 Å². The molecule has 31 heavy (non-hydrogen) atoms. The van der Waals surface area contributed by atoms with E-state index in [1.165, 1.54) is 39.2 Å². The highest BCUT2D eigenvalue weighted by atomic mass is 16.6. The van der Waals surface area contributed by atoms with E-state index in [2.05, 4.69) is 10.3 Å². The third-order valence-corrected chi connectivity index (χ3v) is 6.93. The zero-order valence-electron chi connectivity index (χ0n) is 19.0. The molecule has 8 nitrogen and oxygen atoms in total. The van der Waals surface area contributed by atoms with Crippen molar-refractivity contribution in [2.24, 2.45) is 23.7 Å². The van der Waals surface area contributed by atoms with Gasteiger partial charge in [-0.05, 0) is 76.5 Å². The Balaban J connectivity index is 1.37. The number of rotatable bonds is 7. The van der Waals surface area contributed by atoms with Crippen molar-refractivity contribution < 1.29 is 23.8 Å². The molecule has 5 rings (SSSR count). The lowest BCUT2D eigenvalue weighted by molar-refractivity contribution is -0.144. The molecule has 0 unspecified atom stereocenters. The summed E-state index contributed by atoms with van der Waals surface area (Å²) in [7, 11) is 1.30. The summed E-state index contributed by atoms with van der Waals surface area (Å²) >= 11 is 0. The van der Waals surface area contributed by atoms with Gasteiger partial charge in [0.15, 0.2) is 0 Å². The number of carbonyl (C=O) groups excluding carboxylic acids is 2. The topological polar surface area (TPSA) is 91.7 Å². The molecule has 1 atom stereocenters. The van der Waals surface area contributed by atoms with Crippen LogP contribution in [0.4, 0.5) is 4.79 Å². The Labute approximate surface area is 184 Å². The van der Waals surface area contributed by atoms with Crippen LogP contribution in [0.2, 0.25) is 0 Å². The summed E-state index contributed by atoms with van der Waals surface area (Å²) in [5.41, 5.74) is 0.147. The van der Waals surface area contributed by atoms with Crippen molar-refractivity contribution in [1.82, 2.24) is 14.9 Å². The van der Waals surface area contributed by atoms with Crippen LogP contribution in [-0.4, -0.2) is 46.5 Å². The molecule has 1 aromatic rings. The van der Waals surface area contributed by atoms with Gasteiger partial charge in [0.2, 0.25) is 0 Å². The van der Waals surface area contributed by atoms with Gasteiger partial charge in [-0.1, -0.05) is 0 Å². The van der Waals surface area contributed by atoms with Crippen LogP contribution in [0.25, 0.3) is 0 Å². The summed E-state index contributed by atoms with van der Waals surface area (Å²) in [6.45, 7) is 5.73. The molecule has 1 aromatic heterocycles. The number of ether oxygens (including phenoxy) is 3. The van der Waals surface area contributed by atoms with Gasteiger partial charge in [-0.25, -0.2) is 14.6 Å². The fourth-order valence-corrected chi connectivity index (χ4v) is 5.94. The van der Waals surface area contributed by atoms with E-state index in [1.54, 1.807) is 33.3 Å². The molecule has 4 aliphatic rings. The second-order valence-corrected chi connectivity index (χ2v) is 10.5. The SMILES string of the molecule is COC(=O)[C@H](Cc1cncn1COC1C2CC3CC(C2)CC1C3)NC(=O)OC(C)(C)C. The Morgan fingerprint density at radius 2 is 1.81 bits per heavy atom. The minimum absolute atomic E-state index is 0.247. The first kappa shape index (κ1) is 22.1. The van der Waals surface area contributed by atoms with Gasteiger partial charge < -0.3 is 24.1 Å². The molecule has 0 aliphatic heterocycles. The molecule has 0 saturated heterocycles. The molecule has 0 radical (unpaired) electrons. The molecular weight excluding hydrogens is 398 g/mol. The summed E-state index contributed by atoms with van der Waals surface area (Å²) in [4.78, 5) is 28.7. The number of aromatic nitrogens is 2. The Kier molecular flexibility index (Phi) is 6.28. The summed E-state index contributed by atoms with van der Waals surface area (Å²) in [5, 5.41) is 2.62. The number of imidazole rings is 1. The Bertz CT molecular complexity index is 771. The molecule has 1 N–H and O–H groups in total. The number of methoxy groups -OCH3 is 1. The van der Waals surface area contributed by atoms with Gasteiger partial charge in [-0.3, -0.25) is 0 Å². The number of hydrogen-bond acceptors (Lipinski definition) is 6. The summed E-state index contributed by atoms with van der Waals surface area (Å²) in [6.07, 6.45) is 9.97. The molecular formula is C23H35N3O5. The minimum Gasteiger partial charge on any atom is -0.467 e. The number of alkyl carbamates (subject to hydrolysis) is 1. The zero-order valence-corrected chi connectivity index (χ0v) is 19.0. The van der Waals surface area contributed by atoms with E-state index in [0.717, 1.165) is 17.5 Å². The largest absolute Gasteiger partial charge is 0.467 e. The van der Waals surface area contributed by atoms with Crippen molar-refractivity contribution in [3.8, 4) is 0 Å². The van der Waals surface area contributed by atoms with Gasteiger partial charge in [0.25, 0.3) is 0 Å². The van der Waals surface area contributed by atoms with E-state index >= 15 is 0 Å². The van der Waals surface area contributed by atoms with Gasteiger partial charge >= 0.3 is 12.1 Å². The molecule has 1 amide bonds. The van der Waals surface area contributed by atoms with Crippen LogP contribution in [0, 0.1) is 23.7 Å². The molecule has 0 spiro atoms. The van der Waals surface area contributed by atoms with Gasteiger partial charge in [0.1, 0.15) is 18.4 Å². The summed E-state index contributed by atoms with van der Waals surface area (Å²) < 4.78 is 18.5. The maximum absolute atomic E-state index is 12.3. The van der Waals surface area contributed by atoms with E-state index in [4.69, 9.17) is 14.2 Å². The average Bonchev–Trinajstić information content (AvgIpc) is 3.11. The lowest BCUT2D eigenvalue weighted by atomic mass is 9.55. The predicted octanol–water partition coefficient (Wildman–Crippen LogP) is 3.29. The van der Waals surface area contributed by atoms with Crippen LogP contribution in [0.15, 0.2) is 12.5 Å². The standard InChI is InChI=1S/C23H35N3O5/c1-23(2,3)31-22(28)25-19(21(27)29-4)10-18-11-24-12-26(18)13-30-20-16-6-14-5-15(8-16)9-17(20)7-14/h11-12,14-17,19-20H,5-10,13H2,1-4H3,(H,25,28)/t14?,15?,16?,17?,19-,20?/m0/s1. The first-order chi connectivity index (χ1) is 14.7. The highest BCUT2D eigenvalue weighted by Gasteiger charge is 2.48. The third kappa shape index (κ3) is 5.22. The van der Waals surface area contributed by atoms with Crippen LogP contribution in [0.1, 0.15) is 58.6 Å². The van der Waals surface area contributed by atoms with Gasteiger partial charge in [0, 0.05) is 18.3 Å². The van der Waals surface area contributed by atoms with Crippen molar-refractivity contribution in [3.63, 3.8) is 0 Å². The van der Waals surface area contributed by atoms with E-state index in [-0.39, 0.29) is 6.42 Å². The molecule has 0 aromatic carbocycles. The van der Waals surface area contributed by atoms with Crippen LogP contribution in [0.5, 0.6) is 0 Å². The van der Waals surface area contributed by atoms with E-state index < -0.39 is 23.7 Å². The quantitative estimate of drug-likeness (QED) is 0.664. The number of esters is 1. The molecule has 1 heterocycles. The number of carbonyl (C=O) groups is 2. The smallest absolute Gasteiger partial charge is 0.408 e. The Hall–Kier alpha value is -2.09. The minimum atomic E-state index is -0.864. The van der Waals surface area contributed by atoms with Crippen LogP contribution >= 0.6 is 0 Å². The first-order valence-electron chi connectivity index (χ1n) is 11.4. The summed E-state index contributed by atoms with van der Waals surface area (Å²) in [5.74, 6) is 2.65. The molecule has 4 saturated carbocycles. The van der Waals surface area contributed by atoms with Crippen LogP contribution in [-0.2, 0) is 32.2 Å². The monoisotopic (exact) mass is 433 g/mol. The number of nitrogens with zero attached hydrogens (tertiary/aromatic N) is 2. The Morgan fingerprint density at radius 3 is 2.39 bits per heavy atom. The number of nitrogens with one attached hydrogen (secondary N) is 1. The molecule has 4 bridgehead atoms. The van der Waals surface area contributed by atoms with E-state index in [1.807, 2.05) is 4.57 Å². The lowest BCUT2D eigenvalue weighted by Crippen LogP contribution is -2.49. The second-order valence-electron chi connectivity index (χ2n) is 10.5. The van der Waals surface area contributed by atoms with Crippen molar-refractivity contribution in [3.05, 3.63) is 18.2 Å². The third-order valence-electron chi connectivity index (χ3n) is 6.93. The molecule has 4 aliphatic carbocycles. The molecule has 4 fully saturated rings. The number of amides is 1. The average molecular weight is 434 g/mol. The van der Waals surface area contributed by atoms with Crippen molar-refractivity contribution in [2.45, 2.75) is 83.8 Å². The van der Waals surface area contributed by atoms with Crippen LogP contribution in [0.3, 0.4) is 0 Å². The van der Waals surface area contributed by atoms with Gasteiger partial charge in [-0.2, -0.15) is 0 Å². The second kappa shape index (κ2) is 8.81. The summed E-state index contributed by atoms with van der Waals surface area (Å²) in [6, 6.07) is -0.864. The van der Waals surface area contributed by atoms with Crippen molar-refractivity contribution >= 4 is 12.1 Å². The number of hydrogen-bond donors (Lipinski definition) is 1. The first-order valence-corrected chi connectivity index (χ1v) is 11.4. The zero-order chi connectivity index (χ0) is 22.2. The lowest BCUT2D eigenvalue weighted by Gasteiger charge is -2.53. The Morgan fingerprint density at radius 1 is 1.16 bits per heavy atom. The van der Waals surface area contributed by atoms with E-state index in [9.17, 15) is 9.59 Å². The molecule has 8 heteroatoms. The predicted molar refractivity (Wildman–Crippen MR) is 113 cm³/mol. The fraction of sp³-hybridized carbons (Fsp3) is 0.783. The van der Waals surface area contributed by atoms with Gasteiger partial charge in [0.05, 0.1) is 19.5 Å². The maximum Gasteiger partial charge on any atom is 0.408 e. The van der Waals surface area contributed by atoms with Crippen molar-refractivity contribution in [2.75, 3.05) is 7.11 Å². The van der Waals surface area contributed by atoms with E-state index in [0.29, 0.717) is 24.7 Å². The highest BCUT2D eigenvalue weighted by Crippen LogP contribution is 2.54. The highest BCUT2D eigenvalue weighted by molar-refractivity contribution is 5.81. The molecule has 172 valence electrons. The van der Waals surface area contributed by atoms with Crippen molar-refractivity contribution in [1.29, 1.82) is 0 Å².